The van der Waals surface area contributed by atoms with Crippen LogP contribution in [0, 0.1) is 13.8 Å². The van der Waals surface area contributed by atoms with Gasteiger partial charge in [-0.3, -0.25) is 9.48 Å². The number of pyridine rings is 1. The first-order chi connectivity index (χ1) is 16.5. The molecule has 0 saturated carbocycles. The Labute approximate surface area is 205 Å². The van der Waals surface area contributed by atoms with Crippen molar-refractivity contribution in [2.45, 2.75) is 26.9 Å². The molecule has 0 aliphatic heterocycles. The summed E-state index contributed by atoms with van der Waals surface area (Å²) in [5.74, 6) is -0.185. The molecule has 0 saturated heterocycles. The minimum absolute atomic E-state index is 0.0621. The summed E-state index contributed by atoms with van der Waals surface area (Å²) in [6.45, 7) is 4.70. The fourth-order valence-corrected chi connectivity index (χ4v) is 4.26. The zero-order valence-electron chi connectivity index (χ0n) is 18.9. The molecule has 0 unspecified atom stereocenters. The maximum Gasteiger partial charge on any atom is 0.246 e. The van der Waals surface area contributed by atoms with E-state index in [0.29, 0.717) is 17.9 Å². The highest BCUT2D eigenvalue weighted by atomic mass is 79.9. The third-order valence-corrected chi connectivity index (χ3v) is 6.17. The van der Waals surface area contributed by atoms with E-state index in [0.717, 1.165) is 32.2 Å². The molecule has 3 aromatic heterocycles. The maximum absolute atomic E-state index is 12.8. The number of fused-ring (bicyclic) bond motifs is 1. The van der Waals surface area contributed by atoms with E-state index in [1.54, 1.807) is 21.8 Å². The van der Waals surface area contributed by atoms with Gasteiger partial charge in [0.25, 0.3) is 0 Å². The Balaban J connectivity index is 1.32. The van der Waals surface area contributed by atoms with Crippen LogP contribution in [0.3, 0.4) is 0 Å². The first-order valence-corrected chi connectivity index (χ1v) is 11.7. The fourth-order valence-electron chi connectivity index (χ4n) is 3.99. The highest BCUT2D eigenvalue weighted by molar-refractivity contribution is 9.10. The lowest BCUT2D eigenvalue weighted by atomic mass is 10.0. The predicted octanol–water partition coefficient (Wildman–Crippen LogP) is 5.36. The molecular weight excluding hydrogens is 492 g/mol. The van der Waals surface area contributed by atoms with E-state index in [4.69, 9.17) is 0 Å². The van der Waals surface area contributed by atoms with E-state index in [1.165, 1.54) is 5.56 Å². The molecule has 0 aliphatic carbocycles. The number of benzene rings is 2. The van der Waals surface area contributed by atoms with E-state index in [2.05, 4.69) is 67.6 Å². The van der Waals surface area contributed by atoms with Crippen molar-refractivity contribution in [3.05, 3.63) is 94.5 Å². The van der Waals surface area contributed by atoms with E-state index in [1.807, 2.05) is 43.5 Å². The van der Waals surface area contributed by atoms with Crippen LogP contribution in [0.4, 0.5) is 5.69 Å². The van der Waals surface area contributed by atoms with Gasteiger partial charge in [-0.1, -0.05) is 57.9 Å². The van der Waals surface area contributed by atoms with Crippen LogP contribution in [0.2, 0.25) is 0 Å². The molecule has 0 spiro atoms. The van der Waals surface area contributed by atoms with Crippen LogP contribution in [0.25, 0.3) is 22.2 Å². The number of nitrogens with one attached hydrogen (secondary N) is 1. The molecule has 170 valence electrons. The number of rotatable bonds is 6. The van der Waals surface area contributed by atoms with Crippen LogP contribution in [-0.2, 0) is 17.9 Å². The second-order valence-electron chi connectivity index (χ2n) is 8.27. The highest BCUT2D eigenvalue weighted by Crippen LogP contribution is 2.30. The summed E-state index contributed by atoms with van der Waals surface area (Å²) in [6, 6.07) is 18.4. The first kappa shape index (κ1) is 22.0. The highest BCUT2D eigenvalue weighted by Gasteiger charge is 2.16. The van der Waals surface area contributed by atoms with Gasteiger partial charge >= 0.3 is 0 Å². The zero-order valence-corrected chi connectivity index (χ0v) is 20.5. The number of halogens is 1. The number of nitrogens with zero attached hydrogens (tertiary/aromatic N) is 5. The molecule has 2 aromatic carbocycles. The SMILES string of the molecule is Cc1ccc(-c2ccnc3c2c(C)nn3CC(=O)Nc2cnn(Cc3ccc(Br)cc3)c2)cc1. The van der Waals surface area contributed by atoms with Gasteiger partial charge in [-0.15, -0.1) is 0 Å². The Morgan fingerprint density at radius 3 is 2.56 bits per heavy atom. The van der Waals surface area contributed by atoms with Gasteiger partial charge in [0, 0.05) is 22.3 Å². The van der Waals surface area contributed by atoms with Gasteiger partial charge < -0.3 is 5.32 Å². The largest absolute Gasteiger partial charge is 0.322 e. The summed E-state index contributed by atoms with van der Waals surface area (Å²) in [7, 11) is 0. The summed E-state index contributed by atoms with van der Waals surface area (Å²) in [5.41, 5.74) is 6.66. The van der Waals surface area contributed by atoms with Crippen molar-refractivity contribution >= 4 is 38.6 Å². The monoisotopic (exact) mass is 514 g/mol. The first-order valence-electron chi connectivity index (χ1n) is 10.9. The van der Waals surface area contributed by atoms with Gasteiger partial charge in [0.2, 0.25) is 5.91 Å². The van der Waals surface area contributed by atoms with Gasteiger partial charge in [0.15, 0.2) is 5.65 Å². The Bertz CT molecular complexity index is 1470. The van der Waals surface area contributed by atoms with Crippen LogP contribution in [0.15, 0.2) is 77.7 Å². The molecule has 34 heavy (non-hydrogen) atoms. The molecule has 3 heterocycles. The number of aromatic nitrogens is 5. The Kier molecular flexibility index (Phi) is 5.98. The fraction of sp³-hybridized carbons (Fsp3) is 0.154. The molecule has 1 N–H and O–H groups in total. The van der Waals surface area contributed by atoms with Gasteiger partial charge in [-0.2, -0.15) is 10.2 Å². The molecule has 0 aliphatic rings. The summed E-state index contributed by atoms with van der Waals surface area (Å²) >= 11 is 3.44. The normalized spacial score (nSPS) is 11.1. The minimum atomic E-state index is -0.185. The number of amides is 1. The van der Waals surface area contributed by atoms with E-state index in [9.17, 15) is 4.79 Å². The van der Waals surface area contributed by atoms with Crippen LogP contribution >= 0.6 is 15.9 Å². The number of hydrogen-bond acceptors (Lipinski definition) is 4. The van der Waals surface area contributed by atoms with Crippen molar-refractivity contribution in [3.63, 3.8) is 0 Å². The molecule has 1 amide bonds. The van der Waals surface area contributed by atoms with Crippen molar-refractivity contribution < 1.29 is 4.79 Å². The maximum atomic E-state index is 12.8. The second kappa shape index (κ2) is 9.23. The summed E-state index contributed by atoms with van der Waals surface area (Å²) in [5, 5.41) is 12.8. The number of anilines is 1. The standard InChI is InChI=1S/C26H23BrN6O/c1-17-3-7-20(8-4-17)23-11-12-28-26-25(23)18(2)31-33(26)16-24(34)30-22-13-29-32(15-22)14-19-5-9-21(27)10-6-19/h3-13,15H,14,16H2,1-2H3,(H,30,34). The summed E-state index contributed by atoms with van der Waals surface area (Å²) in [6.07, 6.45) is 5.23. The van der Waals surface area contributed by atoms with E-state index >= 15 is 0 Å². The van der Waals surface area contributed by atoms with Gasteiger partial charge in [-0.05, 0) is 48.7 Å². The van der Waals surface area contributed by atoms with Crippen molar-refractivity contribution in [1.29, 1.82) is 0 Å². The van der Waals surface area contributed by atoms with Crippen LogP contribution in [-0.4, -0.2) is 30.5 Å². The van der Waals surface area contributed by atoms with Crippen molar-refractivity contribution in [1.82, 2.24) is 24.5 Å². The lowest BCUT2D eigenvalue weighted by molar-refractivity contribution is -0.116. The zero-order chi connectivity index (χ0) is 23.7. The summed E-state index contributed by atoms with van der Waals surface area (Å²) < 4.78 is 4.48. The van der Waals surface area contributed by atoms with Crippen LogP contribution < -0.4 is 5.32 Å². The third-order valence-electron chi connectivity index (χ3n) is 5.64. The van der Waals surface area contributed by atoms with Gasteiger partial charge in [0.1, 0.15) is 6.54 Å². The van der Waals surface area contributed by atoms with Crippen molar-refractivity contribution in [3.8, 4) is 11.1 Å². The lowest BCUT2D eigenvalue weighted by Gasteiger charge is -2.06. The molecular formula is C26H23BrN6O. The molecule has 0 bridgehead atoms. The van der Waals surface area contributed by atoms with E-state index in [-0.39, 0.29) is 12.5 Å². The molecule has 8 heteroatoms. The average Bonchev–Trinajstić information content (AvgIpc) is 3.39. The van der Waals surface area contributed by atoms with Crippen molar-refractivity contribution in [2.24, 2.45) is 0 Å². The smallest absolute Gasteiger partial charge is 0.246 e. The minimum Gasteiger partial charge on any atom is -0.322 e. The third kappa shape index (κ3) is 4.63. The quantitative estimate of drug-likeness (QED) is 0.330. The molecule has 5 rings (SSSR count). The Hall–Kier alpha value is -3.78. The number of carbonyl (C=O) groups is 1. The lowest BCUT2D eigenvalue weighted by Crippen LogP contribution is -2.19. The molecule has 5 aromatic rings. The topological polar surface area (TPSA) is 77.6 Å². The average molecular weight is 515 g/mol. The molecule has 0 radical (unpaired) electrons. The van der Waals surface area contributed by atoms with Crippen LogP contribution in [0.5, 0.6) is 0 Å². The second-order valence-corrected chi connectivity index (χ2v) is 9.18. The molecule has 7 nitrogen and oxygen atoms in total. The van der Waals surface area contributed by atoms with Gasteiger partial charge in [0.05, 0.1) is 24.1 Å². The van der Waals surface area contributed by atoms with Gasteiger partial charge in [-0.25, -0.2) is 9.67 Å². The number of aryl methyl sites for hydroxylation is 2. The van der Waals surface area contributed by atoms with Crippen molar-refractivity contribution in [2.75, 3.05) is 5.32 Å². The number of hydrogen-bond donors (Lipinski definition) is 1. The Morgan fingerprint density at radius 1 is 1.03 bits per heavy atom. The predicted molar refractivity (Wildman–Crippen MR) is 137 cm³/mol. The summed E-state index contributed by atoms with van der Waals surface area (Å²) in [4.78, 5) is 17.3. The van der Waals surface area contributed by atoms with E-state index < -0.39 is 0 Å². The molecule has 0 fully saturated rings. The molecule has 0 atom stereocenters. The van der Waals surface area contributed by atoms with Crippen LogP contribution in [0.1, 0.15) is 16.8 Å². The Morgan fingerprint density at radius 2 is 1.79 bits per heavy atom. The number of carbonyl (C=O) groups excluding carboxylic acids is 1.